The molecule has 2 nitrogen and oxygen atoms in total. The Hall–Kier alpha value is -0.860. The van der Waals surface area contributed by atoms with Crippen LogP contribution in [0.3, 0.4) is 0 Å². The van der Waals surface area contributed by atoms with E-state index in [2.05, 4.69) is 29.6 Å². The first kappa shape index (κ1) is 13.1. The van der Waals surface area contributed by atoms with Crippen LogP contribution in [0, 0.1) is 0 Å². The summed E-state index contributed by atoms with van der Waals surface area (Å²) in [6.07, 6.45) is 7.68. The Morgan fingerprint density at radius 1 is 1.26 bits per heavy atom. The molecule has 1 atom stereocenters. The summed E-state index contributed by atoms with van der Waals surface area (Å²) in [5, 5.41) is 3.66. The van der Waals surface area contributed by atoms with E-state index in [4.69, 9.17) is 4.74 Å². The van der Waals surface area contributed by atoms with Crippen molar-refractivity contribution in [3.05, 3.63) is 35.4 Å². The Morgan fingerprint density at radius 3 is 2.84 bits per heavy atom. The van der Waals surface area contributed by atoms with Crippen molar-refractivity contribution in [1.29, 1.82) is 0 Å². The predicted octanol–water partition coefficient (Wildman–Crippen LogP) is 3.27. The summed E-state index contributed by atoms with van der Waals surface area (Å²) < 4.78 is 5.67. The minimum atomic E-state index is 0.147. The van der Waals surface area contributed by atoms with E-state index >= 15 is 0 Å². The minimum absolute atomic E-state index is 0.147. The van der Waals surface area contributed by atoms with Crippen LogP contribution in [-0.2, 0) is 11.2 Å². The molecule has 2 heteroatoms. The first-order chi connectivity index (χ1) is 9.33. The lowest BCUT2D eigenvalue weighted by Crippen LogP contribution is -2.48. The predicted molar refractivity (Wildman–Crippen MR) is 78.6 cm³/mol. The highest BCUT2D eigenvalue weighted by Crippen LogP contribution is 2.35. The van der Waals surface area contributed by atoms with Gasteiger partial charge in [0.25, 0.3) is 0 Å². The SMILES string of the molecule is COC1(CNCC2CCCc3ccccc32)CCC1. The van der Waals surface area contributed by atoms with Crippen molar-refractivity contribution in [3.8, 4) is 0 Å². The van der Waals surface area contributed by atoms with E-state index in [0.717, 1.165) is 13.1 Å². The molecule has 0 radical (unpaired) electrons. The normalized spacial score (nSPS) is 24.6. The van der Waals surface area contributed by atoms with Crippen LogP contribution in [0.2, 0.25) is 0 Å². The van der Waals surface area contributed by atoms with E-state index in [1.54, 1.807) is 11.1 Å². The number of benzene rings is 1. The van der Waals surface area contributed by atoms with Crippen LogP contribution >= 0.6 is 0 Å². The van der Waals surface area contributed by atoms with Crippen molar-refractivity contribution in [2.24, 2.45) is 0 Å². The Balaban J connectivity index is 1.56. The van der Waals surface area contributed by atoms with E-state index in [0.29, 0.717) is 5.92 Å². The number of aryl methyl sites for hydroxylation is 1. The molecule has 0 spiro atoms. The lowest BCUT2D eigenvalue weighted by molar-refractivity contribution is -0.0694. The molecular weight excluding hydrogens is 234 g/mol. The third-order valence-electron chi connectivity index (χ3n) is 5.03. The van der Waals surface area contributed by atoms with Gasteiger partial charge >= 0.3 is 0 Å². The summed E-state index contributed by atoms with van der Waals surface area (Å²) in [4.78, 5) is 0. The molecule has 0 bridgehead atoms. The first-order valence-electron chi connectivity index (χ1n) is 7.67. The second-order valence-corrected chi connectivity index (χ2v) is 6.16. The molecule has 1 fully saturated rings. The van der Waals surface area contributed by atoms with Gasteiger partial charge in [0.1, 0.15) is 0 Å². The molecule has 0 amide bonds. The van der Waals surface area contributed by atoms with Crippen molar-refractivity contribution in [2.45, 2.75) is 50.0 Å². The van der Waals surface area contributed by atoms with Crippen molar-refractivity contribution in [1.82, 2.24) is 5.32 Å². The van der Waals surface area contributed by atoms with Crippen LogP contribution in [-0.4, -0.2) is 25.8 Å². The summed E-state index contributed by atoms with van der Waals surface area (Å²) >= 11 is 0. The summed E-state index contributed by atoms with van der Waals surface area (Å²) in [5.74, 6) is 0.693. The van der Waals surface area contributed by atoms with Crippen LogP contribution in [0.25, 0.3) is 0 Å². The first-order valence-corrected chi connectivity index (χ1v) is 7.67. The monoisotopic (exact) mass is 259 g/mol. The molecule has 1 saturated carbocycles. The highest BCUT2D eigenvalue weighted by molar-refractivity contribution is 5.32. The summed E-state index contributed by atoms with van der Waals surface area (Å²) in [6.45, 7) is 2.12. The zero-order chi connectivity index (χ0) is 13.1. The van der Waals surface area contributed by atoms with Crippen molar-refractivity contribution >= 4 is 0 Å². The zero-order valence-electron chi connectivity index (χ0n) is 12.0. The van der Waals surface area contributed by atoms with Crippen LogP contribution in [0.15, 0.2) is 24.3 Å². The maximum Gasteiger partial charge on any atom is 0.0802 e. The molecular formula is C17H25NO. The number of hydrogen-bond acceptors (Lipinski definition) is 2. The standard InChI is InChI=1S/C17H25NO/c1-19-17(10-5-11-17)13-18-12-15-8-4-7-14-6-2-3-9-16(14)15/h2-3,6,9,15,18H,4-5,7-8,10-13H2,1H3. The minimum Gasteiger partial charge on any atom is -0.377 e. The second-order valence-electron chi connectivity index (χ2n) is 6.16. The van der Waals surface area contributed by atoms with Gasteiger partial charge in [-0.3, -0.25) is 0 Å². The third kappa shape index (κ3) is 2.70. The van der Waals surface area contributed by atoms with Crippen LogP contribution < -0.4 is 5.32 Å². The van der Waals surface area contributed by atoms with Gasteiger partial charge in [-0.15, -0.1) is 0 Å². The maximum absolute atomic E-state index is 5.67. The third-order valence-corrected chi connectivity index (χ3v) is 5.03. The van der Waals surface area contributed by atoms with Crippen molar-refractivity contribution in [3.63, 3.8) is 0 Å². The van der Waals surface area contributed by atoms with E-state index < -0.39 is 0 Å². The van der Waals surface area contributed by atoms with Gasteiger partial charge in [-0.2, -0.15) is 0 Å². The van der Waals surface area contributed by atoms with Gasteiger partial charge in [-0.05, 0) is 55.6 Å². The molecule has 19 heavy (non-hydrogen) atoms. The lowest BCUT2D eigenvalue weighted by Gasteiger charge is -2.41. The highest BCUT2D eigenvalue weighted by Gasteiger charge is 2.36. The van der Waals surface area contributed by atoms with Gasteiger partial charge < -0.3 is 10.1 Å². The molecule has 1 aromatic carbocycles. The quantitative estimate of drug-likeness (QED) is 0.876. The van der Waals surface area contributed by atoms with Gasteiger partial charge in [0.2, 0.25) is 0 Å². The smallest absolute Gasteiger partial charge is 0.0802 e. The molecule has 1 aromatic rings. The number of fused-ring (bicyclic) bond motifs is 1. The summed E-state index contributed by atoms with van der Waals surface area (Å²) in [7, 11) is 1.86. The van der Waals surface area contributed by atoms with Crippen LogP contribution in [0.4, 0.5) is 0 Å². The van der Waals surface area contributed by atoms with E-state index in [1.165, 1.54) is 38.5 Å². The molecule has 1 N–H and O–H groups in total. The van der Waals surface area contributed by atoms with Gasteiger partial charge in [0.15, 0.2) is 0 Å². The number of ether oxygens (including phenoxy) is 1. The van der Waals surface area contributed by atoms with Crippen LogP contribution in [0.1, 0.15) is 49.1 Å². The molecule has 104 valence electrons. The summed E-state index contributed by atoms with van der Waals surface area (Å²) in [5.41, 5.74) is 3.28. The molecule has 2 aliphatic rings. The van der Waals surface area contributed by atoms with Gasteiger partial charge in [0.05, 0.1) is 5.60 Å². The molecule has 0 heterocycles. The van der Waals surface area contributed by atoms with E-state index in [1.807, 2.05) is 7.11 Å². The summed E-state index contributed by atoms with van der Waals surface area (Å²) in [6, 6.07) is 8.96. The largest absolute Gasteiger partial charge is 0.377 e. The van der Waals surface area contributed by atoms with Crippen LogP contribution in [0.5, 0.6) is 0 Å². The van der Waals surface area contributed by atoms with Gasteiger partial charge in [-0.1, -0.05) is 24.3 Å². The zero-order valence-corrected chi connectivity index (χ0v) is 12.0. The fourth-order valence-corrected chi connectivity index (χ4v) is 3.56. The fourth-order valence-electron chi connectivity index (χ4n) is 3.56. The molecule has 1 unspecified atom stereocenters. The number of nitrogens with one attached hydrogen (secondary N) is 1. The Kier molecular flexibility index (Phi) is 3.90. The molecule has 0 saturated heterocycles. The fraction of sp³-hybridized carbons (Fsp3) is 0.647. The van der Waals surface area contributed by atoms with Crippen molar-refractivity contribution < 1.29 is 4.74 Å². The lowest BCUT2D eigenvalue weighted by atomic mass is 9.79. The molecule has 0 aliphatic heterocycles. The Bertz CT molecular complexity index is 420. The molecule has 0 aromatic heterocycles. The maximum atomic E-state index is 5.67. The second kappa shape index (κ2) is 5.64. The molecule has 3 rings (SSSR count). The topological polar surface area (TPSA) is 21.3 Å². The Morgan fingerprint density at radius 2 is 2.11 bits per heavy atom. The molecule has 2 aliphatic carbocycles. The highest BCUT2D eigenvalue weighted by atomic mass is 16.5. The average molecular weight is 259 g/mol. The van der Waals surface area contributed by atoms with Gasteiger partial charge in [0, 0.05) is 20.2 Å². The number of rotatable bonds is 5. The van der Waals surface area contributed by atoms with E-state index in [9.17, 15) is 0 Å². The average Bonchev–Trinajstić information content (AvgIpc) is 2.42. The van der Waals surface area contributed by atoms with Crippen molar-refractivity contribution in [2.75, 3.05) is 20.2 Å². The number of hydrogen-bond donors (Lipinski definition) is 1. The van der Waals surface area contributed by atoms with Gasteiger partial charge in [-0.25, -0.2) is 0 Å². The van der Waals surface area contributed by atoms with E-state index in [-0.39, 0.29) is 5.60 Å². The Labute approximate surface area is 116 Å². The number of methoxy groups -OCH3 is 1.